The van der Waals surface area contributed by atoms with Crippen molar-refractivity contribution < 1.29 is 8.83 Å². The maximum absolute atomic E-state index is 6.22. The summed E-state index contributed by atoms with van der Waals surface area (Å²) in [6.07, 6.45) is 1.71. The van der Waals surface area contributed by atoms with Crippen LogP contribution in [0, 0.1) is 0 Å². The molecule has 0 aliphatic rings. The molecule has 0 atom stereocenters. The summed E-state index contributed by atoms with van der Waals surface area (Å²) in [5, 5.41) is 8.28. The summed E-state index contributed by atoms with van der Waals surface area (Å²) in [4.78, 5) is 0. The molecular weight excluding hydrogens is 512 g/mol. The van der Waals surface area contributed by atoms with Crippen LogP contribution >= 0.6 is 0 Å². The van der Waals surface area contributed by atoms with Gasteiger partial charge in [0.2, 0.25) is 0 Å². The van der Waals surface area contributed by atoms with E-state index in [0.717, 1.165) is 38.5 Å². The third kappa shape index (κ3) is 3.39. The van der Waals surface area contributed by atoms with Crippen LogP contribution in [-0.2, 0) is 0 Å². The van der Waals surface area contributed by atoms with Gasteiger partial charge in [-0.05, 0) is 79.2 Å². The number of furan rings is 2. The molecule has 9 aromatic rings. The topological polar surface area (TPSA) is 26.3 Å². The predicted molar refractivity (Wildman–Crippen MR) is 175 cm³/mol. The first-order chi connectivity index (χ1) is 20.8. The fourth-order valence-electron chi connectivity index (χ4n) is 6.62. The van der Waals surface area contributed by atoms with E-state index >= 15 is 0 Å². The molecule has 0 amide bonds. The lowest BCUT2D eigenvalue weighted by molar-refractivity contribution is 0.600. The van der Waals surface area contributed by atoms with Gasteiger partial charge in [-0.15, -0.1) is 0 Å². The highest BCUT2D eigenvalue weighted by atomic mass is 16.4. The highest BCUT2D eigenvalue weighted by Gasteiger charge is 2.17. The molecule has 0 radical (unpaired) electrons. The van der Waals surface area contributed by atoms with Crippen molar-refractivity contribution in [3.05, 3.63) is 146 Å². The first-order valence-corrected chi connectivity index (χ1v) is 14.3. The second kappa shape index (κ2) is 8.95. The predicted octanol–water partition coefficient (Wildman–Crippen LogP) is 11.6. The van der Waals surface area contributed by atoms with Gasteiger partial charge < -0.3 is 8.83 Å². The van der Waals surface area contributed by atoms with Crippen LogP contribution in [0.25, 0.3) is 87.8 Å². The van der Waals surface area contributed by atoms with Gasteiger partial charge in [-0.1, -0.05) is 115 Å². The molecule has 0 aliphatic heterocycles. The van der Waals surface area contributed by atoms with E-state index in [2.05, 4.69) is 133 Å². The van der Waals surface area contributed by atoms with E-state index in [9.17, 15) is 0 Å². The standard InChI is InChI=1S/C40H24O2/c1-2-8-26(9-3-1)37-30-10-4-6-12-32(30)38(33-13-7-5-11-31(33)37)27-16-14-25(15-17-27)29-19-21-36-35(24-29)34-20-18-28-22-23-41-39(28)40(34)42-36/h1-24H. The first kappa shape index (κ1) is 23.1. The van der Waals surface area contributed by atoms with Gasteiger partial charge in [-0.25, -0.2) is 0 Å². The zero-order chi connectivity index (χ0) is 27.6. The molecule has 0 spiro atoms. The van der Waals surface area contributed by atoms with Crippen molar-refractivity contribution in [1.29, 1.82) is 0 Å². The summed E-state index contributed by atoms with van der Waals surface area (Å²) in [7, 11) is 0. The summed E-state index contributed by atoms with van der Waals surface area (Å²) in [6, 6.07) is 49.9. The monoisotopic (exact) mass is 536 g/mol. The fraction of sp³-hybridized carbons (Fsp3) is 0. The lowest BCUT2D eigenvalue weighted by atomic mass is 9.86. The highest BCUT2D eigenvalue weighted by molar-refractivity contribution is 6.21. The Morgan fingerprint density at radius 2 is 0.929 bits per heavy atom. The highest BCUT2D eigenvalue weighted by Crippen LogP contribution is 2.44. The van der Waals surface area contributed by atoms with Crippen LogP contribution in [0.2, 0.25) is 0 Å². The van der Waals surface area contributed by atoms with E-state index in [1.165, 1.54) is 49.4 Å². The third-order valence-electron chi connectivity index (χ3n) is 8.56. The van der Waals surface area contributed by atoms with Crippen LogP contribution in [0.5, 0.6) is 0 Å². The van der Waals surface area contributed by atoms with Crippen molar-refractivity contribution in [2.45, 2.75) is 0 Å². The van der Waals surface area contributed by atoms with Crippen molar-refractivity contribution in [3.8, 4) is 33.4 Å². The van der Waals surface area contributed by atoms with Crippen LogP contribution in [0.15, 0.2) is 155 Å². The molecule has 0 N–H and O–H groups in total. The maximum Gasteiger partial charge on any atom is 0.178 e. The molecule has 196 valence electrons. The van der Waals surface area contributed by atoms with Crippen LogP contribution in [0.3, 0.4) is 0 Å². The maximum atomic E-state index is 6.22. The fourth-order valence-corrected chi connectivity index (χ4v) is 6.62. The van der Waals surface area contributed by atoms with Gasteiger partial charge in [0.05, 0.1) is 6.26 Å². The minimum Gasteiger partial charge on any atom is -0.460 e. The van der Waals surface area contributed by atoms with E-state index in [4.69, 9.17) is 8.83 Å². The van der Waals surface area contributed by atoms with Crippen molar-refractivity contribution in [2.24, 2.45) is 0 Å². The van der Waals surface area contributed by atoms with Crippen molar-refractivity contribution in [3.63, 3.8) is 0 Å². The second-order valence-electron chi connectivity index (χ2n) is 10.9. The van der Waals surface area contributed by atoms with E-state index in [1.807, 2.05) is 6.07 Å². The van der Waals surface area contributed by atoms with Crippen LogP contribution in [0.1, 0.15) is 0 Å². The zero-order valence-corrected chi connectivity index (χ0v) is 22.7. The van der Waals surface area contributed by atoms with E-state index < -0.39 is 0 Å². The zero-order valence-electron chi connectivity index (χ0n) is 22.7. The molecule has 9 rings (SSSR count). The Hall–Kier alpha value is -5.60. The van der Waals surface area contributed by atoms with Crippen molar-refractivity contribution in [1.82, 2.24) is 0 Å². The molecule has 0 saturated carbocycles. The van der Waals surface area contributed by atoms with E-state index in [-0.39, 0.29) is 0 Å². The quantitative estimate of drug-likeness (QED) is 0.210. The minimum atomic E-state index is 0.798. The van der Waals surface area contributed by atoms with Crippen LogP contribution in [0.4, 0.5) is 0 Å². The molecule has 2 heteroatoms. The molecule has 0 unspecified atom stereocenters. The average Bonchev–Trinajstić information content (AvgIpc) is 3.68. The smallest absolute Gasteiger partial charge is 0.178 e. The van der Waals surface area contributed by atoms with Gasteiger partial charge in [0.25, 0.3) is 0 Å². The minimum absolute atomic E-state index is 0.798. The molecule has 42 heavy (non-hydrogen) atoms. The summed E-state index contributed by atoms with van der Waals surface area (Å²) >= 11 is 0. The number of hydrogen-bond donors (Lipinski definition) is 0. The van der Waals surface area contributed by atoms with Gasteiger partial charge in [-0.3, -0.25) is 0 Å². The Bertz CT molecular complexity index is 2380. The van der Waals surface area contributed by atoms with E-state index in [0.29, 0.717) is 0 Å². The molecule has 7 aromatic carbocycles. The van der Waals surface area contributed by atoms with Crippen molar-refractivity contribution >= 4 is 54.5 Å². The van der Waals surface area contributed by atoms with Crippen LogP contribution < -0.4 is 0 Å². The lowest BCUT2D eigenvalue weighted by Crippen LogP contribution is -1.90. The summed E-state index contributed by atoms with van der Waals surface area (Å²) < 4.78 is 12.0. The van der Waals surface area contributed by atoms with Gasteiger partial charge >= 0.3 is 0 Å². The Morgan fingerprint density at radius 3 is 1.60 bits per heavy atom. The van der Waals surface area contributed by atoms with Crippen LogP contribution in [-0.4, -0.2) is 0 Å². The van der Waals surface area contributed by atoms with Gasteiger partial charge in [0.15, 0.2) is 11.2 Å². The Morgan fingerprint density at radius 1 is 0.357 bits per heavy atom. The Kier molecular flexibility index (Phi) is 4.93. The molecule has 2 nitrogen and oxygen atoms in total. The Balaban J connectivity index is 1.21. The van der Waals surface area contributed by atoms with Gasteiger partial charge in [0.1, 0.15) is 5.58 Å². The van der Waals surface area contributed by atoms with Gasteiger partial charge in [0, 0.05) is 16.2 Å². The summed E-state index contributed by atoms with van der Waals surface area (Å²) in [6.45, 7) is 0. The first-order valence-electron chi connectivity index (χ1n) is 14.3. The molecule has 2 aromatic heterocycles. The molecule has 0 bridgehead atoms. The third-order valence-corrected chi connectivity index (χ3v) is 8.56. The molecule has 0 fully saturated rings. The average molecular weight is 537 g/mol. The van der Waals surface area contributed by atoms with Crippen molar-refractivity contribution in [2.75, 3.05) is 0 Å². The normalized spacial score (nSPS) is 11.8. The molecule has 0 saturated heterocycles. The SMILES string of the molecule is c1ccc(-c2c3ccccc3c(-c3ccc(-c4ccc5oc6c(ccc7ccoc76)c5c4)cc3)c3ccccc23)cc1. The molecule has 0 aliphatic carbocycles. The molecular formula is C40H24O2. The number of benzene rings is 7. The molecule has 2 heterocycles. The van der Waals surface area contributed by atoms with Gasteiger partial charge in [-0.2, -0.15) is 0 Å². The van der Waals surface area contributed by atoms with E-state index in [1.54, 1.807) is 6.26 Å². The number of rotatable bonds is 3. The second-order valence-corrected chi connectivity index (χ2v) is 10.9. The largest absolute Gasteiger partial charge is 0.460 e. The number of hydrogen-bond acceptors (Lipinski definition) is 2. The Labute approximate surface area is 242 Å². The number of fused-ring (bicyclic) bond motifs is 7. The summed E-state index contributed by atoms with van der Waals surface area (Å²) in [5.41, 5.74) is 9.80. The summed E-state index contributed by atoms with van der Waals surface area (Å²) in [5.74, 6) is 0. The lowest BCUT2D eigenvalue weighted by Gasteiger charge is -2.18.